The first-order chi connectivity index (χ1) is 6.65. The van der Waals surface area contributed by atoms with E-state index in [1.165, 1.54) is 6.07 Å². The smallest absolute Gasteiger partial charge is 0.126 e. The average molecular weight is 196 g/mol. The van der Waals surface area contributed by atoms with E-state index < -0.39 is 0 Å². The molecule has 0 amide bonds. The Labute approximate surface area is 84.6 Å². The maximum atomic E-state index is 13.3. The van der Waals surface area contributed by atoms with Crippen LogP contribution in [0.25, 0.3) is 0 Å². The van der Waals surface area contributed by atoms with E-state index in [1.54, 1.807) is 19.1 Å². The molecule has 0 aliphatic heterocycles. The van der Waals surface area contributed by atoms with Crippen molar-refractivity contribution in [1.29, 1.82) is 0 Å². The summed E-state index contributed by atoms with van der Waals surface area (Å²) in [6.45, 7) is 3.77. The zero-order chi connectivity index (χ0) is 10.6. The topological polar surface area (TPSA) is 20.2 Å². The minimum absolute atomic E-state index is 0.145. The number of hydrogen-bond acceptors (Lipinski definition) is 1. The van der Waals surface area contributed by atoms with Crippen molar-refractivity contribution in [3.8, 4) is 0 Å². The molecule has 0 spiro atoms. The monoisotopic (exact) mass is 196 g/mol. The fraction of sp³-hybridized carbons (Fsp3) is 0.500. The highest BCUT2D eigenvalue weighted by Gasteiger charge is 2.14. The van der Waals surface area contributed by atoms with Crippen LogP contribution in [0.4, 0.5) is 4.39 Å². The highest BCUT2D eigenvalue weighted by molar-refractivity contribution is 5.17. The van der Waals surface area contributed by atoms with Crippen LogP contribution in [0.1, 0.15) is 25.8 Å². The molecule has 0 fully saturated rings. The fourth-order valence-corrected chi connectivity index (χ4v) is 1.60. The molecule has 2 unspecified atom stereocenters. The zero-order valence-electron chi connectivity index (χ0n) is 8.70. The number of benzene rings is 1. The van der Waals surface area contributed by atoms with Gasteiger partial charge in [0.05, 0.1) is 6.10 Å². The summed E-state index contributed by atoms with van der Waals surface area (Å²) < 4.78 is 13.3. The molecule has 0 saturated heterocycles. The second-order valence-electron chi connectivity index (χ2n) is 3.70. The van der Waals surface area contributed by atoms with Crippen LogP contribution in [-0.4, -0.2) is 11.2 Å². The average Bonchev–Trinajstić information content (AvgIpc) is 2.16. The lowest BCUT2D eigenvalue weighted by Crippen LogP contribution is -2.18. The van der Waals surface area contributed by atoms with E-state index in [0.717, 1.165) is 6.42 Å². The van der Waals surface area contributed by atoms with Gasteiger partial charge in [-0.3, -0.25) is 0 Å². The van der Waals surface area contributed by atoms with Gasteiger partial charge in [-0.05, 0) is 30.9 Å². The van der Waals surface area contributed by atoms with Crippen LogP contribution < -0.4 is 0 Å². The van der Waals surface area contributed by atoms with Gasteiger partial charge in [-0.15, -0.1) is 0 Å². The third-order valence-electron chi connectivity index (χ3n) is 2.65. The van der Waals surface area contributed by atoms with Crippen molar-refractivity contribution in [3.05, 3.63) is 35.6 Å². The molecule has 1 aromatic carbocycles. The Kier molecular flexibility index (Phi) is 4.08. The summed E-state index contributed by atoms with van der Waals surface area (Å²) >= 11 is 0. The molecule has 2 atom stereocenters. The normalized spacial score (nSPS) is 15.1. The third-order valence-corrected chi connectivity index (χ3v) is 2.65. The molecule has 14 heavy (non-hydrogen) atoms. The molecule has 78 valence electrons. The van der Waals surface area contributed by atoms with Crippen LogP contribution in [0.15, 0.2) is 24.3 Å². The standard InChI is InChI=1S/C12H17FO/c1-3-10(9(2)14)8-11-6-4-5-7-12(11)13/h4-7,9-10,14H,3,8H2,1-2H3. The summed E-state index contributed by atoms with van der Waals surface area (Å²) in [5.74, 6) is -0.0292. The lowest BCUT2D eigenvalue weighted by molar-refractivity contribution is 0.122. The predicted molar refractivity (Wildman–Crippen MR) is 55.6 cm³/mol. The van der Waals surface area contributed by atoms with Gasteiger partial charge in [0.15, 0.2) is 0 Å². The van der Waals surface area contributed by atoms with Gasteiger partial charge in [0.2, 0.25) is 0 Å². The molecule has 0 aromatic heterocycles. The van der Waals surface area contributed by atoms with Crippen LogP contribution in [-0.2, 0) is 6.42 Å². The Balaban J connectivity index is 2.72. The van der Waals surface area contributed by atoms with E-state index in [2.05, 4.69) is 0 Å². The molecule has 0 saturated carbocycles. The van der Waals surface area contributed by atoms with Crippen LogP contribution in [0.5, 0.6) is 0 Å². The van der Waals surface area contributed by atoms with Gasteiger partial charge in [0.1, 0.15) is 5.82 Å². The molecule has 1 nitrogen and oxygen atoms in total. The van der Waals surface area contributed by atoms with Crippen molar-refractivity contribution in [1.82, 2.24) is 0 Å². The number of halogens is 1. The number of hydrogen-bond donors (Lipinski definition) is 1. The van der Waals surface area contributed by atoms with Crippen LogP contribution >= 0.6 is 0 Å². The van der Waals surface area contributed by atoms with E-state index in [4.69, 9.17) is 0 Å². The summed E-state index contributed by atoms with van der Waals surface area (Å²) in [6, 6.07) is 6.75. The minimum Gasteiger partial charge on any atom is -0.393 e. The molecule has 1 aromatic rings. The summed E-state index contributed by atoms with van der Waals surface area (Å²) in [6.07, 6.45) is 1.10. The van der Waals surface area contributed by atoms with E-state index in [0.29, 0.717) is 12.0 Å². The lowest BCUT2D eigenvalue weighted by atomic mass is 9.92. The van der Waals surface area contributed by atoms with Crippen molar-refractivity contribution in [2.45, 2.75) is 32.8 Å². The maximum absolute atomic E-state index is 13.3. The summed E-state index contributed by atoms with van der Waals surface area (Å²) in [5, 5.41) is 9.44. The first kappa shape index (κ1) is 11.2. The largest absolute Gasteiger partial charge is 0.393 e. The van der Waals surface area contributed by atoms with Crippen molar-refractivity contribution >= 4 is 0 Å². The van der Waals surface area contributed by atoms with Gasteiger partial charge in [-0.1, -0.05) is 31.5 Å². The van der Waals surface area contributed by atoms with Gasteiger partial charge in [-0.25, -0.2) is 4.39 Å². The SMILES string of the molecule is CCC(Cc1ccccc1F)C(C)O. The van der Waals surface area contributed by atoms with Crippen molar-refractivity contribution in [3.63, 3.8) is 0 Å². The third kappa shape index (κ3) is 2.81. The van der Waals surface area contributed by atoms with Crippen molar-refractivity contribution in [2.24, 2.45) is 5.92 Å². The van der Waals surface area contributed by atoms with E-state index in [-0.39, 0.29) is 17.8 Å². The molecule has 1 N–H and O–H groups in total. The molecular formula is C12H17FO. The molecule has 0 aliphatic carbocycles. The Morgan fingerprint density at radius 3 is 2.50 bits per heavy atom. The highest BCUT2D eigenvalue weighted by atomic mass is 19.1. The Bertz CT molecular complexity index is 283. The molecule has 0 bridgehead atoms. The van der Waals surface area contributed by atoms with Gasteiger partial charge < -0.3 is 5.11 Å². The zero-order valence-corrected chi connectivity index (χ0v) is 8.70. The van der Waals surface area contributed by atoms with E-state index >= 15 is 0 Å². The molecule has 0 heterocycles. The van der Waals surface area contributed by atoms with Gasteiger partial charge >= 0.3 is 0 Å². The fourth-order valence-electron chi connectivity index (χ4n) is 1.60. The number of aliphatic hydroxyl groups is 1. The van der Waals surface area contributed by atoms with Crippen LogP contribution in [0.2, 0.25) is 0 Å². The number of rotatable bonds is 4. The minimum atomic E-state index is -0.375. The van der Waals surface area contributed by atoms with E-state index in [9.17, 15) is 9.50 Å². The first-order valence-electron chi connectivity index (χ1n) is 5.06. The van der Waals surface area contributed by atoms with Crippen molar-refractivity contribution in [2.75, 3.05) is 0 Å². The highest BCUT2D eigenvalue weighted by Crippen LogP contribution is 2.17. The Morgan fingerprint density at radius 1 is 1.36 bits per heavy atom. The molecule has 0 aliphatic rings. The summed E-state index contributed by atoms with van der Waals surface area (Å²) in [4.78, 5) is 0. The second-order valence-corrected chi connectivity index (χ2v) is 3.70. The van der Waals surface area contributed by atoms with Crippen molar-refractivity contribution < 1.29 is 9.50 Å². The van der Waals surface area contributed by atoms with Gasteiger partial charge in [-0.2, -0.15) is 0 Å². The first-order valence-corrected chi connectivity index (χ1v) is 5.06. The molecule has 0 radical (unpaired) electrons. The number of aliphatic hydroxyl groups excluding tert-OH is 1. The van der Waals surface area contributed by atoms with Crippen LogP contribution in [0.3, 0.4) is 0 Å². The summed E-state index contributed by atoms with van der Waals surface area (Å²) in [7, 11) is 0. The Morgan fingerprint density at radius 2 is 2.00 bits per heavy atom. The predicted octanol–water partition coefficient (Wildman–Crippen LogP) is 2.78. The second kappa shape index (κ2) is 5.11. The van der Waals surface area contributed by atoms with Gasteiger partial charge in [0, 0.05) is 0 Å². The lowest BCUT2D eigenvalue weighted by Gasteiger charge is -2.18. The summed E-state index contributed by atoms with van der Waals surface area (Å²) in [5.41, 5.74) is 0.695. The molecule has 2 heteroatoms. The van der Waals surface area contributed by atoms with E-state index in [1.807, 2.05) is 13.0 Å². The maximum Gasteiger partial charge on any atom is 0.126 e. The molecule has 1 rings (SSSR count). The van der Waals surface area contributed by atoms with Crippen LogP contribution in [0, 0.1) is 11.7 Å². The van der Waals surface area contributed by atoms with Gasteiger partial charge in [0.25, 0.3) is 0 Å². The quantitative estimate of drug-likeness (QED) is 0.785. The molecular weight excluding hydrogens is 179 g/mol. The Hall–Kier alpha value is -0.890.